The maximum absolute atomic E-state index is 5.22. The molecule has 7 aromatic carbocycles. The monoisotopic (exact) mass is 725 g/mol. The fourth-order valence-electron chi connectivity index (χ4n) is 8.32. The van der Waals surface area contributed by atoms with Gasteiger partial charge in [-0.15, -0.1) is 11.3 Å². The van der Waals surface area contributed by atoms with Crippen molar-refractivity contribution in [2.45, 2.75) is 38.5 Å². The predicted octanol–water partition coefficient (Wildman–Crippen LogP) is 13.8. The zero-order valence-electron chi connectivity index (χ0n) is 31.3. The molecule has 0 saturated carbocycles. The minimum absolute atomic E-state index is 0.142. The van der Waals surface area contributed by atoms with Crippen LogP contribution in [0.5, 0.6) is 0 Å². The average molecular weight is 726 g/mol. The van der Waals surface area contributed by atoms with E-state index in [0.29, 0.717) is 17.5 Å². The quantitative estimate of drug-likeness (QED) is 0.177. The van der Waals surface area contributed by atoms with Gasteiger partial charge in [0.25, 0.3) is 0 Å². The summed E-state index contributed by atoms with van der Waals surface area (Å²) in [6.07, 6.45) is 0. The van der Waals surface area contributed by atoms with Crippen LogP contribution in [-0.2, 0) is 10.8 Å². The normalized spacial score (nSPS) is 14.1. The summed E-state index contributed by atoms with van der Waals surface area (Å²) in [5, 5.41) is 2.48. The maximum Gasteiger partial charge on any atom is 0.164 e. The Morgan fingerprint density at radius 1 is 0.345 bits per heavy atom. The second-order valence-corrected chi connectivity index (χ2v) is 16.8. The first kappa shape index (κ1) is 33.3. The van der Waals surface area contributed by atoms with Crippen LogP contribution in [0.25, 0.3) is 87.7 Å². The van der Waals surface area contributed by atoms with Gasteiger partial charge in [0.1, 0.15) is 0 Å². The highest BCUT2D eigenvalue weighted by Crippen LogP contribution is 2.55. The molecule has 0 N–H and O–H groups in total. The third-order valence-corrected chi connectivity index (χ3v) is 13.3. The summed E-state index contributed by atoms with van der Waals surface area (Å²) < 4.78 is 2.54. The first-order chi connectivity index (χ1) is 26.7. The lowest BCUT2D eigenvalue weighted by molar-refractivity contribution is 0.299. The van der Waals surface area contributed by atoms with E-state index in [9.17, 15) is 0 Å². The van der Waals surface area contributed by atoms with E-state index in [4.69, 9.17) is 15.0 Å². The zero-order valence-corrected chi connectivity index (χ0v) is 32.2. The molecular formula is C51H39N3S. The minimum Gasteiger partial charge on any atom is -0.208 e. The van der Waals surface area contributed by atoms with Gasteiger partial charge in [0.15, 0.2) is 17.5 Å². The number of benzene rings is 7. The molecule has 0 spiro atoms. The molecule has 1 aliphatic rings. The Labute approximate surface area is 326 Å². The molecule has 0 aliphatic heterocycles. The Hall–Kier alpha value is -6.23. The molecule has 1 aliphatic carbocycles. The van der Waals surface area contributed by atoms with Crippen molar-refractivity contribution < 1.29 is 0 Å². The number of hydrogen-bond donors (Lipinski definition) is 0. The van der Waals surface area contributed by atoms with Crippen molar-refractivity contribution in [3.63, 3.8) is 0 Å². The molecule has 0 radical (unpaired) electrons. The molecule has 0 atom stereocenters. The van der Waals surface area contributed by atoms with E-state index in [-0.39, 0.29) is 10.8 Å². The van der Waals surface area contributed by atoms with Crippen molar-refractivity contribution in [3.8, 4) is 67.5 Å². The van der Waals surface area contributed by atoms with E-state index in [1.165, 1.54) is 64.7 Å². The number of thiophene rings is 1. The third kappa shape index (κ3) is 5.51. The van der Waals surface area contributed by atoms with Crippen LogP contribution in [0, 0.1) is 0 Å². The molecule has 0 saturated heterocycles. The molecule has 10 rings (SSSR count). The van der Waals surface area contributed by atoms with Crippen LogP contribution in [0.2, 0.25) is 0 Å². The van der Waals surface area contributed by atoms with Crippen LogP contribution in [0.15, 0.2) is 164 Å². The van der Waals surface area contributed by atoms with Gasteiger partial charge in [-0.2, -0.15) is 0 Å². The van der Waals surface area contributed by atoms with Gasteiger partial charge in [0, 0.05) is 36.9 Å². The lowest BCUT2D eigenvalue weighted by Gasteiger charge is -2.48. The lowest BCUT2D eigenvalue weighted by atomic mass is 9.55. The summed E-state index contributed by atoms with van der Waals surface area (Å²) in [4.78, 5) is 15.4. The number of fused-ring (bicyclic) bond motifs is 6. The zero-order chi connectivity index (χ0) is 37.3. The molecule has 0 bridgehead atoms. The van der Waals surface area contributed by atoms with Crippen molar-refractivity contribution >= 4 is 31.5 Å². The second-order valence-electron chi connectivity index (χ2n) is 15.7. The molecule has 0 amide bonds. The van der Waals surface area contributed by atoms with Crippen molar-refractivity contribution in [1.82, 2.24) is 15.0 Å². The number of rotatable bonds is 5. The van der Waals surface area contributed by atoms with Gasteiger partial charge >= 0.3 is 0 Å². The Bertz CT molecular complexity index is 2920. The van der Waals surface area contributed by atoms with Crippen molar-refractivity contribution in [1.29, 1.82) is 0 Å². The van der Waals surface area contributed by atoms with E-state index in [1.54, 1.807) is 0 Å². The number of nitrogens with zero attached hydrogens (tertiary/aromatic N) is 3. The number of aromatic nitrogens is 3. The van der Waals surface area contributed by atoms with E-state index in [0.717, 1.165) is 16.7 Å². The summed E-state index contributed by atoms with van der Waals surface area (Å²) in [5.41, 5.74) is 12.7. The first-order valence-corrected chi connectivity index (χ1v) is 19.8. The number of hydrogen-bond acceptors (Lipinski definition) is 4. The van der Waals surface area contributed by atoms with Gasteiger partial charge in [-0.25, -0.2) is 15.0 Å². The summed E-state index contributed by atoms with van der Waals surface area (Å²) in [5.74, 6) is 2.01. The lowest BCUT2D eigenvalue weighted by Crippen LogP contribution is -2.43. The Kier molecular flexibility index (Phi) is 7.69. The van der Waals surface area contributed by atoms with Crippen LogP contribution in [0.4, 0.5) is 0 Å². The maximum atomic E-state index is 5.22. The molecule has 0 unspecified atom stereocenters. The molecule has 55 heavy (non-hydrogen) atoms. The van der Waals surface area contributed by atoms with E-state index in [1.807, 2.05) is 29.5 Å². The molecule has 9 aromatic rings. The van der Waals surface area contributed by atoms with Crippen molar-refractivity contribution in [2.75, 3.05) is 0 Å². The predicted molar refractivity (Wildman–Crippen MR) is 231 cm³/mol. The third-order valence-electron chi connectivity index (χ3n) is 12.1. The van der Waals surface area contributed by atoms with Gasteiger partial charge in [-0.1, -0.05) is 149 Å². The van der Waals surface area contributed by atoms with Gasteiger partial charge in [0.2, 0.25) is 0 Å². The van der Waals surface area contributed by atoms with Gasteiger partial charge in [-0.05, 0) is 97.8 Å². The highest BCUT2D eigenvalue weighted by Gasteiger charge is 2.46. The molecule has 2 aromatic heterocycles. The first-order valence-electron chi connectivity index (χ1n) is 18.9. The standard InChI is InChI=1S/C51H39N3S/c1-50(2)43-26-23-36(35-19-13-18-34(28-35)32-14-7-5-8-15-32)29-41(43)39-25-22-38(31-44(39)51(50,3)4)49-53-47(33-16-9-6-10-17-33)52-48(54-49)37-24-27-46-42(30-37)40-20-11-12-21-45(40)55-46/h5-31H,1-4H3. The molecule has 0 fully saturated rings. The fraction of sp³-hybridized carbons (Fsp3) is 0.118. The molecule has 3 nitrogen and oxygen atoms in total. The Morgan fingerprint density at radius 3 is 1.62 bits per heavy atom. The smallest absolute Gasteiger partial charge is 0.164 e. The van der Waals surface area contributed by atoms with E-state index >= 15 is 0 Å². The minimum atomic E-state index is -0.177. The fourth-order valence-corrected chi connectivity index (χ4v) is 9.41. The summed E-state index contributed by atoms with van der Waals surface area (Å²) >= 11 is 1.82. The highest BCUT2D eigenvalue weighted by molar-refractivity contribution is 7.25. The van der Waals surface area contributed by atoms with Crippen LogP contribution in [-0.4, -0.2) is 15.0 Å². The topological polar surface area (TPSA) is 38.7 Å². The largest absolute Gasteiger partial charge is 0.208 e. The van der Waals surface area contributed by atoms with Crippen LogP contribution < -0.4 is 0 Å². The SMILES string of the molecule is CC1(C)c2ccc(-c3cccc(-c4ccccc4)c3)cc2-c2ccc(-c3nc(-c4ccccc4)nc(-c4ccc5sc6ccccc6c5c4)n3)cc2C1(C)C. The van der Waals surface area contributed by atoms with Crippen LogP contribution >= 0.6 is 11.3 Å². The van der Waals surface area contributed by atoms with Gasteiger partial charge in [-0.3, -0.25) is 0 Å². The average Bonchev–Trinajstić information content (AvgIpc) is 3.61. The summed E-state index contributed by atoms with van der Waals surface area (Å²) in [6, 6.07) is 58.8. The molecular weight excluding hydrogens is 687 g/mol. The summed E-state index contributed by atoms with van der Waals surface area (Å²) in [7, 11) is 0. The van der Waals surface area contributed by atoms with Crippen molar-refractivity contribution in [2.24, 2.45) is 0 Å². The molecule has 4 heteroatoms. The van der Waals surface area contributed by atoms with E-state index in [2.05, 4.69) is 173 Å². The molecule has 2 heterocycles. The second kappa shape index (κ2) is 12.7. The Morgan fingerprint density at radius 2 is 0.873 bits per heavy atom. The highest BCUT2D eigenvalue weighted by atomic mass is 32.1. The van der Waals surface area contributed by atoms with E-state index < -0.39 is 0 Å². The van der Waals surface area contributed by atoms with Crippen molar-refractivity contribution in [3.05, 3.63) is 175 Å². The summed E-state index contributed by atoms with van der Waals surface area (Å²) in [6.45, 7) is 9.53. The van der Waals surface area contributed by atoms with Crippen LogP contribution in [0.1, 0.15) is 38.8 Å². The van der Waals surface area contributed by atoms with Gasteiger partial charge < -0.3 is 0 Å². The van der Waals surface area contributed by atoms with Crippen LogP contribution in [0.3, 0.4) is 0 Å². The Balaban J connectivity index is 1.12. The van der Waals surface area contributed by atoms with Gasteiger partial charge in [0.05, 0.1) is 0 Å². The molecule has 264 valence electrons.